The molecule has 0 bridgehead atoms. The highest BCUT2D eigenvalue weighted by Gasteiger charge is 2.50. The molecule has 0 radical (unpaired) electrons. The molecule has 12 rings (SSSR count). The lowest BCUT2D eigenvalue weighted by atomic mass is 9.66. The molecule has 0 aromatic carbocycles. The lowest BCUT2D eigenvalue weighted by molar-refractivity contribution is 0.213. The van der Waals surface area contributed by atoms with Gasteiger partial charge in [-0.2, -0.15) is 0 Å². The van der Waals surface area contributed by atoms with Gasteiger partial charge in [-0.15, -0.1) is 0 Å². The molecule has 2 heterocycles. The summed E-state index contributed by atoms with van der Waals surface area (Å²) in [5.74, 6) is 6.42. The maximum atomic E-state index is 3.91. The van der Waals surface area contributed by atoms with Gasteiger partial charge in [-0.25, -0.2) is 0 Å². The predicted octanol–water partition coefficient (Wildman–Crippen LogP) is 14.4. The summed E-state index contributed by atoms with van der Waals surface area (Å²) in [7, 11) is 0. The highest BCUT2D eigenvalue weighted by Crippen LogP contribution is 2.60. The molecule has 1 saturated carbocycles. The lowest BCUT2D eigenvalue weighted by Gasteiger charge is -2.39. The van der Waals surface area contributed by atoms with Crippen molar-refractivity contribution in [3.8, 4) is 0 Å². The summed E-state index contributed by atoms with van der Waals surface area (Å²) in [6.45, 7) is 8.74. The fourth-order valence-corrected chi connectivity index (χ4v) is 15.4. The minimum absolute atomic E-state index is 0.215. The zero-order chi connectivity index (χ0) is 41.5. The van der Waals surface area contributed by atoms with Crippen LogP contribution in [0.3, 0.4) is 0 Å². The molecule has 0 saturated heterocycles. The van der Waals surface area contributed by atoms with E-state index in [9.17, 15) is 0 Å². The summed E-state index contributed by atoms with van der Waals surface area (Å²) in [6.07, 6.45) is 65.1. The fraction of sp³-hybridized carbons (Fsp3) is 0.533. The molecule has 2 nitrogen and oxygen atoms in total. The predicted molar refractivity (Wildman–Crippen MR) is 258 cm³/mol. The van der Waals surface area contributed by atoms with Crippen LogP contribution in [0, 0.1) is 70.5 Å². The van der Waals surface area contributed by atoms with Crippen molar-refractivity contribution in [2.75, 3.05) is 6.54 Å². The molecule has 12 aliphatic rings. The van der Waals surface area contributed by atoms with Crippen LogP contribution in [0.25, 0.3) is 0 Å². The molecule has 12 atom stereocenters. The Kier molecular flexibility index (Phi) is 10.2. The Labute approximate surface area is 374 Å². The Hall–Kier alpha value is -3.88. The zero-order valence-corrected chi connectivity index (χ0v) is 38.1. The molecule has 322 valence electrons. The van der Waals surface area contributed by atoms with E-state index in [1.807, 2.05) is 0 Å². The monoisotopic (exact) mass is 821 g/mol. The van der Waals surface area contributed by atoms with Gasteiger partial charge in [0, 0.05) is 52.7 Å². The Bertz CT molecular complexity index is 2310. The van der Waals surface area contributed by atoms with Gasteiger partial charge in [0.1, 0.15) is 0 Å². The normalized spacial score (nSPS) is 40.2. The largest absolute Gasteiger partial charge is 0.321 e. The van der Waals surface area contributed by atoms with E-state index in [0.717, 1.165) is 19.4 Å². The van der Waals surface area contributed by atoms with E-state index in [4.69, 9.17) is 0 Å². The number of nitrogens with one attached hydrogen (secondary N) is 1. The van der Waals surface area contributed by atoms with Crippen LogP contribution in [0.1, 0.15) is 117 Å². The summed E-state index contributed by atoms with van der Waals surface area (Å²) in [6, 6.07) is 0.438. The maximum absolute atomic E-state index is 3.91. The van der Waals surface area contributed by atoms with E-state index < -0.39 is 0 Å². The van der Waals surface area contributed by atoms with Crippen molar-refractivity contribution in [1.82, 2.24) is 10.2 Å². The summed E-state index contributed by atoms with van der Waals surface area (Å²) in [5, 5.41) is 3.91. The van der Waals surface area contributed by atoms with Crippen molar-refractivity contribution < 1.29 is 0 Å². The Morgan fingerprint density at radius 1 is 0.742 bits per heavy atom. The van der Waals surface area contributed by atoms with Crippen LogP contribution in [0.5, 0.6) is 0 Å². The Balaban J connectivity index is 0.835. The van der Waals surface area contributed by atoms with Crippen LogP contribution < -0.4 is 5.32 Å². The van der Waals surface area contributed by atoms with E-state index in [1.54, 1.807) is 56.1 Å². The number of hydrogen-bond donors (Lipinski definition) is 1. The summed E-state index contributed by atoms with van der Waals surface area (Å²) in [4.78, 5) is 2.88. The van der Waals surface area contributed by atoms with Gasteiger partial charge in [0.15, 0.2) is 0 Å². The van der Waals surface area contributed by atoms with Crippen LogP contribution in [0.2, 0.25) is 0 Å². The lowest BCUT2D eigenvalue weighted by Crippen LogP contribution is -2.39. The molecule has 1 N–H and O–H groups in total. The Morgan fingerprint density at radius 2 is 1.65 bits per heavy atom. The van der Waals surface area contributed by atoms with Crippen molar-refractivity contribution in [2.24, 2.45) is 70.5 Å². The number of nitrogens with zero attached hydrogens (tertiary/aromatic N) is 1. The molecule has 1 fully saturated rings. The molecule has 12 unspecified atom stereocenters. The van der Waals surface area contributed by atoms with Crippen molar-refractivity contribution in [3.05, 3.63) is 165 Å². The average Bonchev–Trinajstić information content (AvgIpc) is 3.73. The molecule has 10 aliphatic carbocycles. The van der Waals surface area contributed by atoms with Gasteiger partial charge in [0.05, 0.1) is 0 Å². The van der Waals surface area contributed by atoms with Crippen LogP contribution in [-0.4, -0.2) is 17.5 Å². The minimum Gasteiger partial charge on any atom is -0.321 e. The van der Waals surface area contributed by atoms with Crippen molar-refractivity contribution in [3.63, 3.8) is 0 Å². The van der Waals surface area contributed by atoms with E-state index in [2.05, 4.69) is 140 Å². The van der Waals surface area contributed by atoms with Crippen LogP contribution in [0.15, 0.2) is 165 Å². The van der Waals surface area contributed by atoms with E-state index in [-0.39, 0.29) is 5.41 Å². The molecule has 2 aliphatic heterocycles. The van der Waals surface area contributed by atoms with Gasteiger partial charge in [-0.05, 0) is 183 Å². The fourth-order valence-electron chi connectivity index (χ4n) is 15.4. The van der Waals surface area contributed by atoms with Crippen LogP contribution >= 0.6 is 0 Å². The first kappa shape index (κ1) is 39.7. The quantitative estimate of drug-likeness (QED) is 0.278. The van der Waals surface area contributed by atoms with Crippen LogP contribution in [-0.2, 0) is 0 Å². The molecule has 0 amide bonds. The molecule has 2 heteroatoms. The summed E-state index contributed by atoms with van der Waals surface area (Å²) >= 11 is 0. The molecule has 0 aromatic heterocycles. The van der Waals surface area contributed by atoms with E-state index in [1.165, 1.54) is 83.5 Å². The molecular weight excluding hydrogens is 749 g/mol. The summed E-state index contributed by atoms with van der Waals surface area (Å²) in [5.41, 5.74) is 16.9. The van der Waals surface area contributed by atoms with Gasteiger partial charge >= 0.3 is 0 Å². The van der Waals surface area contributed by atoms with E-state index in [0.29, 0.717) is 71.1 Å². The van der Waals surface area contributed by atoms with Gasteiger partial charge in [-0.3, -0.25) is 0 Å². The standard InChI is InChI=1S/C60H72N2/c1-38-47-27-24-40(34-52(47)48-18-8-7-17-42(48)36-51(38)43-25-28-56-53(37-43)49-19-9-11-21-55(49)60(56,2)3)41-26-29-59-54(35-41)50-20-10-12-23-58(50)62(59)46-32-44(39-15-5-4-6-16-39)31-45(33-46)57-22-13-14-30-61-57/h5,7,9,11,13,15,17,19,21-22,24,27-29,31-32,34,37-39,41,43,45,47,49,51-52,54-55,57,61H,4,6,8,10,12,14,16,18,20,23,25-26,30,33,35-36H2,1-3H3. The van der Waals surface area contributed by atoms with Gasteiger partial charge in [0.2, 0.25) is 0 Å². The summed E-state index contributed by atoms with van der Waals surface area (Å²) < 4.78 is 0. The molecule has 0 spiro atoms. The minimum atomic E-state index is 0.215. The second-order valence-corrected chi connectivity index (χ2v) is 22.2. The SMILES string of the molecule is CC1C2C=CC(C3CC=C4C(C3)C3=C(CCCC3)N4C3=CC(C4C=CCCC4)=CC(C4C=CCCN4)C3)=CC2C2=C(C=CCC2)CC1C1C=C2C(=CC1)C(C)(C)C1C=CC=CC21. The molecular formula is C60H72N2. The molecule has 62 heavy (non-hydrogen) atoms. The second kappa shape index (κ2) is 16.0. The number of allylic oxidation sites excluding steroid dienone is 24. The first-order valence-electron chi connectivity index (χ1n) is 25.7. The zero-order valence-electron chi connectivity index (χ0n) is 38.1. The Morgan fingerprint density at radius 3 is 2.53 bits per heavy atom. The second-order valence-electron chi connectivity index (χ2n) is 22.2. The highest BCUT2D eigenvalue weighted by molar-refractivity contribution is 5.53. The smallest absolute Gasteiger partial charge is 0.0317 e. The average molecular weight is 821 g/mol. The van der Waals surface area contributed by atoms with Gasteiger partial charge < -0.3 is 10.2 Å². The van der Waals surface area contributed by atoms with Gasteiger partial charge in [-0.1, -0.05) is 130 Å². The number of rotatable bonds is 5. The molecule has 0 aromatic rings. The topological polar surface area (TPSA) is 15.3 Å². The number of hydrogen-bond acceptors (Lipinski definition) is 2. The first-order valence-corrected chi connectivity index (χ1v) is 25.7. The van der Waals surface area contributed by atoms with Crippen LogP contribution in [0.4, 0.5) is 0 Å². The number of fused-ring (bicyclic) bond motifs is 7. The third-order valence-electron chi connectivity index (χ3n) is 18.7. The maximum Gasteiger partial charge on any atom is 0.0317 e. The highest BCUT2D eigenvalue weighted by atomic mass is 15.2. The van der Waals surface area contributed by atoms with Crippen molar-refractivity contribution in [1.29, 1.82) is 0 Å². The third-order valence-corrected chi connectivity index (χ3v) is 18.7. The van der Waals surface area contributed by atoms with Crippen molar-refractivity contribution in [2.45, 2.75) is 123 Å². The van der Waals surface area contributed by atoms with Gasteiger partial charge in [0.25, 0.3) is 0 Å². The van der Waals surface area contributed by atoms with Crippen molar-refractivity contribution >= 4 is 0 Å². The first-order chi connectivity index (χ1) is 30.4. The van der Waals surface area contributed by atoms with E-state index >= 15 is 0 Å². The third kappa shape index (κ3) is 6.65.